The lowest BCUT2D eigenvalue weighted by Crippen LogP contribution is -2.58. The largest absolute Gasteiger partial charge is 0.343 e. The molecular formula is C30H24N6O4S. The Balaban J connectivity index is 1.07. The summed E-state index contributed by atoms with van der Waals surface area (Å²) >= 11 is 1.67. The van der Waals surface area contributed by atoms with Crippen molar-refractivity contribution < 1.29 is 19.2 Å². The van der Waals surface area contributed by atoms with Crippen LogP contribution < -0.4 is 5.32 Å². The first-order chi connectivity index (χ1) is 20.0. The molecule has 0 radical (unpaired) electrons. The first kappa shape index (κ1) is 25.2. The van der Waals surface area contributed by atoms with Gasteiger partial charge in [0.2, 0.25) is 5.91 Å². The third-order valence-corrected chi connectivity index (χ3v) is 8.69. The highest BCUT2D eigenvalue weighted by Crippen LogP contribution is 2.36. The highest BCUT2D eigenvalue weighted by Gasteiger charge is 2.43. The first-order valence-corrected chi connectivity index (χ1v) is 14.1. The number of hydrazine groups is 1. The second kappa shape index (κ2) is 10.0. The maximum absolute atomic E-state index is 13.1. The van der Waals surface area contributed by atoms with Gasteiger partial charge in [0.1, 0.15) is 11.2 Å². The SMILES string of the molecule is O=C1CCN(N2C(=O)c3ccc(CN4CC=C(c5ncnc6sc(-c7ccccc7)cc56)CC4)cc3C2=O)C(=O)N1. The smallest absolute Gasteiger partial charge is 0.295 e. The number of carbonyl (C=O) groups excluding carboxylic acids is 4. The Labute approximate surface area is 238 Å². The molecule has 1 N–H and O–H groups in total. The zero-order valence-electron chi connectivity index (χ0n) is 21.9. The van der Waals surface area contributed by atoms with E-state index in [4.69, 9.17) is 0 Å². The second-order valence-electron chi connectivity index (χ2n) is 10.2. The van der Waals surface area contributed by atoms with Crippen molar-refractivity contribution in [1.29, 1.82) is 0 Å². The van der Waals surface area contributed by atoms with Gasteiger partial charge in [-0.25, -0.2) is 19.8 Å². The molecule has 0 spiro atoms. The maximum Gasteiger partial charge on any atom is 0.343 e. The molecule has 5 amide bonds. The fraction of sp³-hybridized carbons (Fsp3) is 0.200. The lowest BCUT2D eigenvalue weighted by molar-refractivity contribution is -0.122. The molecule has 1 fully saturated rings. The zero-order valence-corrected chi connectivity index (χ0v) is 22.7. The highest BCUT2D eigenvalue weighted by molar-refractivity contribution is 7.21. The van der Waals surface area contributed by atoms with Crippen molar-refractivity contribution in [3.05, 3.63) is 89.4 Å². The number of amides is 5. The molecule has 0 saturated carbocycles. The number of nitrogens with zero attached hydrogens (tertiary/aromatic N) is 5. The summed E-state index contributed by atoms with van der Waals surface area (Å²) in [7, 11) is 0. The Morgan fingerprint density at radius 3 is 2.49 bits per heavy atom. The number of urea groups is 1. The average Bonchev–Trinajstić information content (AvgIpc) is 3.53. The minimum Gasteiger partial charge on any atom is -0.295 e. The van der Waals surface area contributed by atoms with Crippen LogP contribution in [0.5, 0.6) is 0 Å². The molecule has 4 aromatic rings. The van der Waals surface area contributed by atoms with Gasteiger partial charge in [0.05, 0.1) is 23.4 Å². The molecule has 10 nitrogen and oxygen atoms in total. The van der Waals surface area contributed by atoms with Crippen molar-refractivity contribution in [2.24, 2.45) is 0 Å². The van der Waals surface area contributed by atoms with E-state index in [2.05, 4.69) is 44.5 Å². The predicted molar refractivity (Wildman–Crippen MR) is 153 cm³/mol. The van der Waals surface area contributed by atoms with Crippen LogP contribution in [-0.4, -0.2) is 68.3 Å². The number of imide groups is 2. The van der Waals surface area contributed by atoms with Crippen molar-refractivity contribution >= 4 is 50.9 Å². The summed E-state index contributed by atoms with van der Waals surface area (Å²) in [6, 6.07) is 16.9. The fourth-order valence-electron chi connectivity index (χ4n) is 5.52. The van der Waals surface area contributed by atoms with Crippen LogP contribution in [0, 0.1) is 0 Å². The summed E-state index contributed by atoms with van der Waals surface area (Å²) in [4.78, 5) is 63.4. The summed E-state index contributed by atoms with van der Waals surface area (Å²) in [6.45, 7) is 2.11. The molecule has 3 aliphatic heterocycles. The number of hydrogen-bond acceptors (Lipinski definition) is 8. The van der Waals surface area contributed by atoms with Gasteiger partial charge in [0, 0.05) is 36.3 Å². The van der Waals surface area contributed by atoms with E-state index < -0.39 is 23.8 Å². The predicted octanol–water partition coefficient (Wildman–Crippen LogP) is 4.10. The van der Waals surface area contributed by atoms with Crippen LogP contribution in [0.15, 0.2) is 67.0 Å². The van der Waals surface area contributed by atoms with Crippen LogP contribution in [0.2, 0.25) is 0 Å². The zero-order chi connectivity index (χ0) is 28.1. The first-order valence-electron chi connectivity index (χ1n) is 13.3. The van der Waals surface area contributed by atoms with E-state index in [1.165, 1.54) is 5.57 Å². The summed E-state index contributed by atoms with van der Waals surface area (Å²) in [6.07, 6.45) is 4.68. The number of aromatic nitrogens is 2. The van der Waals surface area contributed by atoms with Gasteiger partial charge < -0.3 is 0 Å². The number of benzene rings is 2. The Bertz CT molecular complexity index is 1780. The van der Waals surface area contributed by atoms with E-state index in [9.17, 15) is 19.2 Å². The van der Waals surface area contributed by atoms with Crippen molar-refractivity contribution in [1.82, 2.24) is 30.2 Å². The van der Waals surface area contributed by atoms with Crippen LogP contribution in [0.3, 0.4) is 0 Å². The summed E-state index contributed by atoms with van der Waals surface area (Å²) in [5.41, 5.74) is 4.74. The van der Waals surface area contributed by atoms with E-state index in [-0.39, 0.29) is 24.1 Å². The van der Waals surface area contributed by atoms with Crippen LogP contribution in [0.4, 0.5) is 4.79 Å². The van der Waals surface area contributed by atoms with Gasteiger partial charge in [-0.2, -0.15) is 5.01 Å². The van der Waals surface area contributed by atoms with Crippen LogP contribution in [-0.2, 0) is 11.3 Å². The fourth-order valence-corrected chi connectivity index (χ4v) is 6.53. The topological polar surface area (TPSA) is 116 Å². The summed E-state index contributed by atoms with van der Waals surface area (Å²) < 4.78 is 0. The van der Waals surface area contributed by atoms with Gasteiger partial charge in [0.15, 0.2) is 0 Å². The Hall–Kier alpha value is -4.74. The lowest BCUT2D eigenvalue weighted by Gasteiger charge is -2.32. The number of nitrogens with one attached hydrogen (secondary N) is 1. The van der Waals surface area contributed by atoms with E-state index >= 15 is 0 Å². The van der Waals surface area contributed by atoms with Gasteiger partial charge in [-0.3, -0.25) is 24.6 Å². The molecule has 0 bridgehead atoms. The number of hydrogen-bond donors (Lipinski definition) is 1. The van der Waals surface area contributed by atoms with Gasteiger partial charge in [-0.1, -0.05) is 42.5 Å². The van der Waals surface area contributed by atoms with Crippen molar-refractivity contribution in [3.63, 3.8) is 0 Å². The molecule has 2 aromatic carbocycles. The molecule has 0 unspecified atom stereocenters. The maximum atomic E-state index is 13.1. The molecule has 2 aromatic heterocycles. The van der Waals surface area contributed by atoms with E-state index in [1.807, 2.05) is 24.3 Å². The molecule has 7 rings (SSSR count). The summed E-state index contributed by atoms with van der Waals surface area (Å²) in [5.74, 6) is -1.55. The minimum atomic E-state index is -0.772. The van der Waals surface area contributed by atoms with Gasteiger partial charge >= 0.3 is 6.03 Å². The Kier molecular flexibility index (Phi) is 6.17. The van der Waals surface area contributed by atoms with Crippen molar-refractivity contribution in [2.45, 2.75) is 19.4 Å². The van der Waals surface area contributed by atoms with Crippen LogP contribution >= 0.6 is 11.3 Å². The van der Waals surface area contributed by atoms with Gasteiger partial charge in [-0.15, -0.1) is 11.3 Å². The van der Waals surface area contributed by atoms with E-state index in [0.717, 1.165) is 54.9 Å². The Morgan fingerprint density at radius 2 is 1.71 bits per heavy atom. The molecule has 41 heavy (non-hydrogen) atoms. The van der Waals surface area contributed by atoms with Gasteiger partial charge in [0.25, 0.3) is 11.8 Å². The molecule has 3 aliphatic rings. The number of carbonyl (C=O) groups is 4. The molecule has 11 heteroatoms. The highest BCUT2D eigenvalue weighted by atomic mass is 32.1. The third-order valence-electron chi connectivity index (χ3n) is 7.59. The number of rotatable bonds is 5. The third kappa shape index (κ3) is 4.48. The average molecular weight is 565 g/mol. The Morgan fingerprint density at radius 1 is 0.878 bits per heavy atom. The van der Waals surface area contributed by atoms with Crippen LogP contribution in [0.1, 0.15) is 44.8 Å². The molecule has 0 atom stereocenters. The summed E-state index contributed by atoms with van der Waals surface area (Å²) in [5, 5.41) is 5.06. The monoisotopic (exact) mass is 564 g/mol. The number of thiophene rings is 1. The molecule has 0 aliphatic carbocycles. The van der Waals surface area contributed by atoms with E-state index in [1.54, 1.807) is 29.8 Å². The molecule has 5 heterocycles. The quantitative estimate of drug-likeness (QED) is 0.363. The van der Waals surface area contributed by atoms with Crippen molar-refractivity contribution in [3.8, 4) is 10.4 Å². The van der Waals surface area contributed by atoms with Crippen molar-refractivity contribution in [2.75, 3.05) is 19.6 Å². The minimum absolute atomic E-state index is 0.0238. The molecule has 204 valence electrons. The van der Waals surface area contributed by atoms with E-state index in [0.29, 0.717) is 13.1 Å². The van der Waals surface area contributed by atoms with Gasteiger partial charge in [-0.05, 0) is 41.3 Å². The second-order valence-corrected chi connectivity index (χ2v) is 11.2. The van der Waals surface area contributed by atoms with Crippen LogP contribution in [0.25, 0.3) is 26.2 Å². The molecule has 1 saturated heterocycles. The molecular weight excluding hydrogens is 540 g/mol. The lowest BCUT2D eigenvalue weighted by atomic mass is 10.0. The number of fused-ring (bicyclic) bond motifs is 2. The normalized spacial score (nSPS) is 17.7. The standard InChI is InChI=1S/C30H24N6O4S/c37-25-10-13-35(30(40)33-25)36-28(38)21-7-6-18(14-22(21)29(36)39)16-34-11-8-20(9-12-34)26-23-15-24(19-4-2-1-3-5-19)41-27(23)32-17-31-26/h1-8,14-15,17H,9-13,16H2,(H,33,37,40).